The molecule has 0 amide bonds. The van der Waals surface area contributed by atoms with Gasteiger partial charge in [0.1, 0.15) is 16.4 Å². The Hall–Kier alpha value is -0.850. The first-order valence-electron chi connectivity index (χ1n) is 7.20. The van der Waals surface area contributed by atoms with Crippen LogP contribution in [0.15, 0.2) is 15.4 Å². The summed E-state index contributed by atoms with van der Waals surface area (Å²) >= 11 is 0. The van der Waals surface area contributed by atoms with Gasteiger partial charge in [0.15, 0.2) is 0 Å². The molecule has 5 nitrogen and oxygen atoms in total. The highest BCUT2D eigenvalue weighted by Crippen LogP contribution is 2.60. The summed E-state index contributed by atoms with van der Waals surface area (Å²) in [5, 5.41) is 2.96. The predicted octanol–water partition coefficient (Wildman–Crippen LogP) is 1.78. The number of hydrogen-bond acceptors (Lipinski definition) is 4. The van der Waals surface area contributed by atoms with Crippen LogP contribution in [0.3, 0.4) is 0 Å². The molecule has 2 fully saturated rings. The van der Waals surface area contributed by atoms with E-state index in [0.29, 0.717) is 24.6 Å². The van der Waals surface area contributed by atoms with Gasteiger partial charge in [-0.1, -0.05) is 0 Å². The van der Waals surface area contributed by atoms with E-state index in [1.165, 1.54) is 12.8 Å². The largest absolute Gasteiger partial charge is 0.464 e. The van der Waals surface area contributed by atoms with Crippen LogP contribution in [-0.2, 0) is 16.6 Å². The summed E-state index contributed by atoms with van der Waals surface area (Å²) < 4.78 is 33.0. The van der Waals surface area contributed by atoms with E-state index in [9.17, 15) is 8.42 Å². The quantitative estimate of drug-likeness (QED) is 0.805. The highest BCUT2D eigenvalue weighted by Gasteiger charge is 2.53. The molecule has 112 valence electrons. The van der Waals surface area contributed by atoms with Crippen molar-refractivity contribution in [3.63, 3.8) is 0 Å². The van der Waals surface area contributed by atoms with E-state index in [1.807, 2.05) is 0 Å². The van der Waals surface area contributed by atoms with E-state index < -0.39 is 10.0 Å². The maximum atomic E-state index is 12.4. The molecule has 1 heterocycles. The second-order valence-corrected chi connectivity index (χ2v) is 7.86. The van der Waals surface area contributed by atoms with Gasteiger partial charge in [-0.3, -0.25) is 0 Å². The Morgan fingerprint density at radius 2 is 2.10 bits per heavy atom. The topological polar surface area (TPSA) is 71.3 Å². The lowest BCUT2D eigenvalue weighted by Crippen LogP contribution is -2.31. The molecule has 2 saturated carbocycles. The van der Waals surface area contributed by atoms with Gasteiger partial charge >= 0.3 is 0 Å². The van der Waals surface area contributed by atoms with Gasteiger partial charge in [0, 0.05) is 12.6 Å². The molecule has 1 aromatic heterocycles. The normalized spacial score (nSPS) is 21.1. The first-order chi connectivity index (χ1) is 9.47. The summed E-state index contributed by atoms with van der Waals surface area (Å²) in [4.78, 5) is 0.273. The van der Waals surface area contributed by atoms with Crippen molar-refractivity contribution < 1.29 is 12.8 Å². The maximum Gasteiger partial charge on any atom is 0.244 e. The summed E-state index contributed by atoms with van der Waals surface area (Å²) in [6.45, 7) is 2.80. The standard InChI is InChI=1S/C14H22N2O3S/c1-10-13(7-12(19-10)8-15-2)20(17,18)16-9-14(5-6-14)11-3-4-11/h7,11,15-16H,3-6,8-9H2,1-2H3. The fourth-order valence-electron chi connectivity index (χ4n) is 2.95. The number of rotatable bonds is 7. The van der Waals surface area contributed by atoms with Crippen LogP contribution in [0.25, 0.3) is 0 Å². The first-order valence-corrected chi connectivity index (χ1v) is 8.69. The third kappa shape index (κ3) is 2.64. The minimum absolute atomic E-state index is 0.262. The van der Waals surface area contributed by atoms with Crippen LogP contribution in [-0.4, -0.2) is 22.0 Å². The van der Waals surface area contributed by atoms with Gasteiger partial charge in [0.25, 0.3) is 0 Å². The van der Waals surface area contributed by atoms with Crippen LogP contribution in [0.1, 0.15) is 37.2 Å². The smallest absolute Gasteiger partial charge is 0.244 e. The average Bonchev–Trinajstić information content (AvgIpc) is 3.26. The molecule has 0 aliphatic heterocycles. The molecule has 0 bridgehead atoms. The Balaban J connectivity index is 1.71. The molecule has 3 rings (SSSR count). The molecule has 0 spiro atoms. The number of aryl methyl sites for hydroxylation is 1. The Morgan fingerprint density at radius 1 is 1.40 bits per heavy atom. The molecule has 0 atom stereocenters. The lowest BCUT2D eigenvalue weighted by molar-refractivity contribution is 0.431. The van der Waals surface area contributed by atoms with Gasteiger partial charge < -0.3 is 9.73 Å². The van der Waals surface area contributed by atoms with Crippen LogP contribution in [0.5, 0.6) is 0 Å². The fraction of sp³-hybridized carbons (Fsp3) is 0.714. The molecule has 0 aromatic carbocycles. The zero-order valence-electron chi connectivity index (χ0n) is 12.0. The lowest BCUT2D eigenvalue weighted by Gasteiger charge is -2.14. The van der Waals surface area contributed by atoms with Crippen LogP contribution >= 0.6 is 0 Å². The van der Waals surface area contributed by atoms with E-state index >= 15 is 0 Å². The van der Waals surface area contributed by atoms with Crippen LogP contribution in [0, 0.1) is 18.3 Å². The van der Waals surface area contributed by atoms with Crippen molar-refractivity contribution in [2.75, 3.05) is 13.6 Å². The zero-order chi connectivity index (χ0) is 14.4. The molecule has 2 N–H and O–H groups in total. The minimum atomic E-state index is -3.46. The van der Waals surface area contributed by atoms with Crippen molar-refractivity contribution in [3.8, 4) is 0 Å². The summed E-state index contributed by atoms with van der Waals surface area (Å²) in [7, 11) is -1.66. The highest BCUT2D eigenvalue weighted by atomic mass is 32.2. The molecule has 6 heteroatoms. The number of furan rings is 1. The monoisotopic (exact) mass is 298 g/mol. The van der Waals surface area contributed by atoms with E-state index in [2.05, 4.69) is 10.0 Å². The van der Waals surface area contributed by atoms with Gasteiger partial charge in [-0.2, -0.15) is 0 Å². The van der Waals surface area contributed by atoms with E-state index in [1.54, 1.807) is 20.0 Å². The lowest BCUT2D eigenvalue weighted by atomic mass is 10.0. The van der Waals surface area contributed by atoms with Gasteiger partial charge in [-0.05, 0) is 51.0 Å². The minimum Gasteiger partial charge on any atom is -0.464 e. The third-order valence-corrected chi connectivity index (χ3v) is 6.02. The summed E-state index contributed by atoms with van der Waals surface area (Å²) in [6.07, 6.45) is 4.85. The Labute approximate surface area is 120 Å². The second-order valence-electron chi connectivity index (χ2n) is 6.12. The van der Waals surface area contributed by atoms with E-state index in [-0.39, 0.29) is 10.3 Å². The second kappa shape index (κ2) is 4.86. The molecule has 1 aromatic rings. The van der Waals surface area contributed by atoms with Crippen LogP contribution in [0.2, 0.25) is 0 Å². The summed E-state index contributed by atoms with van der Waals surface area (Å²) in [5.74, 6) is 1.85. The Morgan fingerprint density at radius 3 is 2.65 bits per heavy atom. The Bertz CT molecular complexity index is 598. The number of sulfonamides is 1. The SMILES string of the molecule is CNCc1cc(S(=O)(=O)NCC2(C3CC3)CC2)c(C)o1. The molecule has 0 saturated heterocycles. The van der Waals surface area contributed by atoms with Crippen LogP contribution in [0.4, 0.5) is 0 Å². The number of nitrogens with one attached hydrogen (secondary N) is 2. The van der Waals surface area contributed by atoms with Gasteiger partial charge in [0.05, 0.1) is 6.54 Å². The van der Waals surface area contributed by atoms with Crippen molar-refractivity contribution in [3.05, 3.63) is 17.6 Å². The summed E-state index contributed by atoms with van der Waals surface area (Å²) in [6, 6.07) is 1.62. The van der Waals surface area contributed by atoms with Crippen molar-refractivity contribution in [1.29, 1.82) is 0 Å². The Kier molecular flexibility index (Phi) is 3.43. The van der Waals surface area contributed by atoms with E-state index in [0.717, 1.165) is 18.8 Å². The predicted molar refractivity (Wildman–Crippen MR) is 75.8 cm³/mol. The van der Waals surface area contributed by atoms with Gasteiger partial charge in [0.2, 0.25) is 10.0 Å². The fourth-order valence-corrected chi connectivity index (χ4v) is 4.29. The molecule has 0 radical (unpaired) electrons. The number of hydrogen-bond donors (Lipinski definition) is 2. The molecule has 2 aliphatic carbocycles. The zero-order valence-corrected chi connectivity index (χ0v) is 12.8. The highest BCUT2D eigenvalue weighted by molar-refractivity contribution is 7.89. The van der Waals surface area contributed by atoms with Crippen molar-refractivity contribution in [1.82, 2.24) is 10.0 Å². The molecular formula is C14H22N2O3S. The molecular weight excluding hydrogens is 276 g/mol. The molecule has 20 heavy (non-hydrogen) atoms. The summed E-state index contributed by atoms with van der Waals surface area (Å²) in [5.41, 5.74) is 0.262. The van der Waals surface area contributed by atoms with Crippen molar-refractivity contribution in [2.45, 2.75) is 44.0 Å². The average molecular weight is 298 g/mol. The third-order valence-electron chi connectivity index (χ3n) is 4.51. The molecule has 0 unspecified atom stereocenters. The van der Waals surface area contributed by atoms with Crippen LogP contribution < -0.4 is 10.0 Å². The van der Waals surface area contributed by atoms with Gasteiger partial charge in [-0.15, -0.1) is 0 Å². The van der Waals surface area contributed by atoms with Crippen molar-refractivity contribution >= 4 is 10.0 Å². The maximum absolute atomic E-state index is 12.4. The van der Waals surface area contributed by atoms with E-state index in [4.69, 9.17) is 4.42 Å². The first kappa shape index (κ1) is 14.1. The van der Waals surface area contributed by atoms with Crippen molar-refractivity contribution in [2.24, 2.45) is 11.3 Å². The van der Waals surface area contributed by atoms with Gasteiger partial charge in [-0.25, -0.2) is 13.1 Å². The molecule has 2 aliphatic rings.